The third-order valence-corrected chi connectivity index (χ3v) is 4.41. The summed E-state index contributed by atoms with van der Waals surface area (Å²) in [5.41, 5.74) is 9.29. The van der Waals surface area contributed by atoms with Crippen LogP contribution < -0.4 is 11.1 Å². The Morgan fingerprint density at radius 3 is 2.54 bits per heavy atom. The highest BCUT2D eigenvalue weighted by Crippen LogP contribution is 2.22. The Hall–Kier alpha value is -4.01. The zero-order chi connectivity index (χ0) is 19.8. The smallest absolute Gasteiger partial charge is 0.269 e. The van der Waals surface area contributed by atoms with Gasteiger partial charge in [0.1, 0.15) is 11.3 Å². The van der Waals surface area contributed by atoms with Crippen molar-refractivity contribution in [3.63, 3.8) is 0 Å². The van der Waals surface area contributed by atoms with Crippen molar-refractivity contribution in [3.05, 3.63) is 65.7 Å². The lowest BCUT2D eigenvalue weighted by molar-refractivity contribution is 0.0992. The minimum absolute atomic E-state index is 0.109. The van der Waals surface area contributed by atoms with Crippen LogP contribution in [-0.2, 0) is 7.05 Å². The molecular formula is C19H17N7O2. The fourth-order valence-electron chi connectivity index (χ4n) is 3.01. The van der Waals surface area contributed by atoms with E-state index in [0.717, 1.165) is 16.8 Å². The number of nitrogens with two attached hydrogens (primary N) is 1. The summed E-state index contributed by atoms with van der Waals surface area (Å²) < 4.78 is 2.92. The van der Waals surface area contributed by atoms with Crippen LogP contribution in [0.1, 0.15) is 26.4 Å². The van der Waals surface area contributed by atoms with Crippen molar-refractivity contribution in [2.45, 2.75) is 6.92 Å². The van der Waals surface area contributed by atoms with Crippen LogP contribution in [0.4, 0.5) is 5.69 Å². The molecule has 0 atom stereocenters. The number of carbonyl (C=O) groups is 2. The highest BCUT2D eigenvalue weighted by atomic mass is 16.2. The molecule has 0 bridgehead atoms. The molecule has 9 nitrogen and oxygen atoms in total. The summed E-state index contributed by atoms with van der Waals surface area (Å²) in [6, 6.07) is 9.82. The maximum atomic E-state index is 12.8. The van der Waals surface area contributed by atoms with E-state index in [1.807, 2.05) is 37.3 Å². The highest BCUT2D eigenvalue weighted by molar-refractivity contribution is 6.10. The molecule has 4 rings (SSSR count). The predicted octanol–water partition coefficient (Wildman–Crippen LogP) is 1.79. The van der Waals surface area contributed by atoms with Crippen LogP contribution in [0.2, 0.25) is 0 Å². The van der Waals surface area contributed by atoms with Gasteiger partial charge in [-0.2, -0.15) is 10.2 Å². The molecule has 140 valence electrons. The number of nitrogens with zero attached hydrogens (tertiary/aromatic N) is 5. The SMILES string of the molecule is Cc1ccc(-c2ccnc3c(C(=O)Nc4cnn(C)c4C(N)=O)cnn23)cc1. The Bertz CT molecular complexity index is 1200. The number of hydrogen-bond donors (Lipinski definition) is 2. The Kier molecular flexibility index (Phi) is 4.11. The molecule has 3 aromatic heterocycles. The van der Waals surface area contributed by atoms with E-state index in [0.29, 0.717) is 5.65 Å². The molecule has 4 aromatic rings. The van der Waals surface area contributed by atoms with Gasteiger partial charge in [0, 0.05) is 18.8 Å². The summed E-state index contributed by atoms with van der Waals surface area (Å²) in [5, 5.41) is 10.9. The lowest BCUT2D eigenvalue weighted by Crippen LogP contribution is -2.20. The molecule has 3 heterocycles. The molecule has 0 radical (unpaired) electrons. The van der Waals surface area contributed by atoms with Crippen molar-refractivity contribution < 1.29 is 9.59 Å². The summed E-state index contributed by atoms with van der Waals surface area (Å²) in [7, 11) is 1.57. The number of hydrogen-bond acceptors (Lipinski definition) is 5. The average molecular weight is 375 g/mol. The van der Waals surface area contributed by atoms with Gasteiger partial charge in [-0.3, -0.25) is 14.3 Å². The second kappa shape index (κ2) is 6.62. The molecule has 1 aromatic carbocycles. The molecule has 3 N–H and O–H groups in total. The molecule has 0 saturated carbocycles. The van der Waals surface area contributed by atoms with Gasteiger partial charge in [0.15, 0.2) is 5.65 Å². The standard InChI is InChI=1S/C19H17N7O2/c1-11-3-5-12(6-4-11)15-7-8-21-18-13(9-23-26(15)18)19(28)24-14-10-22-25(2)16(14)17(20)27/h3-10H,1-2H3,(H2,20,27)(H,24,28). The highest BCUT2D eigenvalue weighted by Gasteiger charge is 2.20. The molecule has 0 aliphatic rings. The zero-order valence-corrected chi connectivity index (χ0v) is 15.2. The van der Waals surface area contributed by atoms with Crippen molar-refractivity contribution in [3.8, 4) is 11.3 Å². The summed E-state index contributed by atoms with van der Waals surface area (Å²) in [4.78, 5) is 28.7. The minimum atomic E-state index is -0.685. The molecule has 0 saturated heterocycles. The largest absolute Gasteiger partial charge is 0.364 e. The Balaban J connectivity index is 1.72. The number of primary amides is 1. The molecular weight excluding hydrogens is 358 g/mol. The lowest BCUT2D eigenvalue weighted by Gasteiger charge is -2.06. The van der Waals surface area contributed by atoms with E-state index in [4.69, 9.17) is 5.73 Å². The second-order valence-electron chi connectivity index (χ2n) is 6.34. The Morgan fingerprint density at radius 1 is 1.07 bits per heavy atom. The summed E-state index contributed by atoms with van der Waals surface area (Å²) in [6.45, 7) is 2.01. The van der Waals surface area contributed by atoms with Crippen LogP contribution in [0.25, 0.3) is 16.9 Å². The molecule has 9 heteroatoms. The zero-order valence-electron chi connectivity index (χ0n) is 15.2. The van der Waals surface area contributed by atoms with E-state index in [1.165, 1.54) is 17.1 Å². The van der Waals surface area contributed by atoms with E-state index in [2.05, 4.69) is 20.5 Å². The summed E-state index contributed by atoms with van der Waals surface area (Å²) in [6.07, 6.45) is 4.44. The van der Waals surface area contributed by atoms with Crippen LogP contribution in [0.5, 0.6) is 0 Å². The molecule has 0 spiro atoms. The van der Waals surface area contributed by atoms with Crippen molar-refractivity contribution in [1.82, 2.24) is 24.4 Å². The van der Waals surface area contributed by atoms with Gasteiger partial charge in [-0.05, 0) is 13.0 Å². The van der Waals surface area contributed by atoms with Gasteiger partial charge in [0.25, 0.3) is 11.8 Å². The van der Waals surface area contributed by atoms with E-state index < -0.39 is 11.8 Å². The molecule has 0 fully saturated rings. The number of rotatable bonds is 4. The van der Waals surface area contributed by atoms with Crippen LogP contribution in [-0.4, -0.2) is 36.2 Å². The summed E-state index contributed by atoms with van der Waals surface area (Å²) in [5.74, 6) is -1.14. The second-order valence-corrected chi connectivity index (χ2v) is 6.34. The Labute approximate surface area is 159 Å². The van der Waals surface area contributed by atoms with Gasteiger partial charge >= 0.3 is 0 Å². The number of amides is 2. The van der Waals surface area contributed by atoms with Crippen LogP contribution >= 0.6 is 0 Å². The van der Waals surface area contributed by atoms with E-state index >= 15 is 0 Å². The number of carbonyl (C=O) groups excluding carboxylic acids is 2. The average Bonchev–Trinajstić information content (AvgIpc) is 3.26. The molecule has 0 aliphatic heterocycles. The van der Waals surface area contributed by atoms with Crippen molar-refractivity contribution in [2.75, 3.05) is 5.32 Å². The van der Waals surface area contributed by atoms with Gasteiger partial charge in [0.05, 0.1) is 23.8 Å². The fraction of sp³-hybridized carbons (Fsp3) is 0.105. The number of anilines is 1. The van der Waals surface area contributed by atoms with Crippen molar-refractivity contribution >= 4 is 23.1 Å². The van der Waals surface area contributed by atoms with Crippen LogP contribution in [0.15, 0.2) is 48.9 Å². The number of aromatic nitrogens is 5. The fourth-order valence-corrected chi connectivity index (χ4v) is 3.01. The maximum absolute atomic E-state index is 12.8. The number of benzene rings is 1. The molecule has 0 unspecified atom stereocenters. The van der Waals surface area contributed by atoms with E-state index in [1.54, 1.807) is 17.8 Å². The van der Waals surface area contributed by atoms with Crippen LogP contribution in [0.3, 0.4) is 0 Å². The lowest BCUT2D eigenvalue weighted by atomic mass is 10.1. The van der Waals surface area contributed by atoms with E-state index in [-0.39, 0.29) is 16.9 Å². The van der Waals surface area contributed by atoms with Gasteiger partial charge in [-0.1, -0.05) is 29.8 Å². The van der Waals surface area contributed by atoms with E-state index in [9.17, 15) is 9.59 Å². The maximum Gasteiger partial charge on any atom is 0.269 e. The first-order valence-electron chi connectivity index (χ1n) is 8.48. The topological polar surface area (TPSA) is 120 Å². The first-order valence-corrected chi connectivity index (χ1v) is 8.48. The first kappa shape index (κ1) is 17.4. The van der Waals surface area contributed by atoms with Gasteiger partial charge in [-0.15, -0.1) is 0 Å². The van der Waals surface area contributed by atoms with Crippen LogP contribution in [0, 0.1) is 6.92 Å². The third-order valence-electron chi connectivity index (χ3n) is 4.41. The quantitative estimate of drug-likeness (QED) is 0.563. The van der Waals surface area contributed by atoms with Gasteiger partial charge < -0.3 is 11.1 Å². The Morgan fingerprint density at radius 2 is 1.82 bits per heavy atom. The minimum Gasteiger partial charge on any atom is -0.364 e. The first-order chi connectivity index (χ1) is 13.5. The molecule has 28 heavy (non-hydrogen) atoms. The monoisotopic (exact) mass is 375 g/mol. The summed E-state index contributed by atoms with van der Waals surface area (Å²) >= 11 is 0. The van der Waals surface area contributed by atoms with Crippen molar-refractivity contribution in [1.29, 1.82) is 0 Å². The van der Waals surface area contributed by atoms with Gasteiger partial charge in [0.2, 0.25) is 0 Å². The third kappa shape index (κ3) is 2.88. The molecule has 2 amide bonds. The number of nitrogens with one attached hydrogen (secondary N) is 1. The van der Waals surface area contributed by atoms with Crippen molar-refractivity contribution in [2.24, 2.45) is 12.8 Å². The predicted molar refractivity (Wildman–Crippen MR) is 103 cm³/mol. The normalized spacial score (nSPS) is 10.9. The number of aryl methyl sites for hydroxylation is 2. The van der Waals surface area contributed by atoms with Gasteiger partial charge in [-0.25, -0.2) is 9.50 Å². The molecule has 0 aliphatic carbocycles. The number of fused-ring (bicyclic) bond motifs is 1.